The Hall–Kier alpha value is -2.97. The summed E-state index contributed by atoms with van der Waals surface area (Å²) in [5.41, 5.74) is 4.38. The zero-order valence-corrected chi connectivity index (χ0v) is 18.6. The summed E-state index contributed by atoms with van der Waals surface area (Å²) < 4.78 is 15.3. The summed E-state index contributed by atoms with van der Waals surface area (Å²) in [7, 11) is 0. The first-order chi connectivity index (χ1) is 14.9. The molecule has 0 bridgehead atoms. The van der Waals surface area contributed by atoms with Crippen LogP contribution in [-0.2, 0) is 11.3 Å². The van der Waals surface area contributed by atoms with Crippen molar-refractivity contribution in [2.75, 3.05) is 11.1 Å². The van der Waals surface area contributed by atoms with Gasteiger partial charge in [-0.25, -0.2) is 9.37 Å². The Morgan fingerprint density at radius 3 is 2.65 bits per heavy atom. The molecule has 2 aromatic heterocycles. The molecule has 0 unspecified atom stereocenters. The van der Waals surface area contributed by atoms with Gasteiger partial charge in [0.2, 0.25) is 5.91 Å². The average molecular weight is 454 g/mol. The molecule has 0 aliphatic heterocycles. The maximum absolute atomic E-state index is 13.1. The Labute approximate surface area is 187 Å². The number of carbonyl (C=O) groups excluding carboxylic acids is 1. The summed E-state index contributed by atoms with van der Waals surface area (Å²) in [4.78, 5) is 30.1. The maximum Gasteiger partial charge on any atom is 0.272 e. The molecule has 5 nitrogen and oxygen atoms in total. The van der Waals surface area contributed by atoms with Crippen molar-refractivity contribution in [3.8, 4) is 0 Å². The minimum absolute atomic E-state index is 0.0758. The Morgan fingerprint density at radius 1 is 1.13 bits per heavy atom. The van der Waals surface area contributed by atoms with Crippen LogP contribution in [0.25, 0.3) is 10.2 Å². The second kappa shape index (κ2) is 9.03. The Bertz CT molecular complexity index is 1310. The third-order valence-corrected chi connectivity index (χ3v) is 6.77. The predicted octanol–water partition coefficient (Wildman–Crippen LogP) is 4.99. The van der Waals surface area contributed by atoms with E-state index in [0.29, 0.717) is 27.6 Å². The Kier molecular flexibility index (Phi) is 6.20. The van der Waals surface area contributed by atoms with Crippen LogP contribution in [0.5, 0.6) is 0 Å². The number of fused-ring (bicyclic) bond motifs is 1. The SMILES string of the molecule is Cc1ccc(Cn2c(SCC(=O)Nc3ccc(F)cc3)nc3ccsc3c2=O)cc1C. The zero-order valence-electron chi connectivity index (χ0n) is 17.0. The van der Waals surface area contributed by atoms with Crippen molar-refractivity contribution in [1.29, 1.82) is 0 Å². The largest absolute Gasteiger partial charge is 0.325 e. The summed E-state index contributed by atoms with van der Waals surface area (Å²) in [5.74, 6) is -0.545. The van der Waals surface area contributed by atoms with Crippen molar-refractivity contribution in [3.05, 3.63) is 86.8 Å². The highest BCUT2D eigenvalue weighted by atomic mass is 32.2. The highest BCUT2D eigenvalue weighted by Gasteiger charge is 2.15. The van der Waals surface area contributed by atoms with E-state index in [1.165, 1.54) is 52.9 Å². The monoisotopic (exact) mass is 453 g/mol. The average Bonchev–Trinajstić information content (AvgIpc) is 3.22. The third kappa shape index (κ3) is 4.86. The number of thiophene rings is 1. The van der Waals surface area contributed by atoms with Gasteiger partial charge in [0.05, 0.1) is 17.8 Å². The molecule has 0 aliphatic carbocycles. The number of carbonyl (C=O) groups is 1. The van der Waals surface area contributed by atoms with E-state index in [4.69, 9.17) is 0 Å². The van der Waals surface area contributed by atoms with Crippen LogP contribution < -0.4 is 10.9 Å². The number of hydrogen-bond donors (Lipinski definition) is 1. The van der Waals surface area contributed by atoms with Gasteiger partial charge in [-0.3, -0.25) is 14.2 Å². The van der Waals surface area contributed by atoms with Crippen molar-refractivity contribution < 1.29 is 9.18 Å². The molecule has 0 saturated heterocycles. The van der Waals surface area contributed by atoms with Crippen molar-refractivity contribution in [3.63, 3.8) is 0 Å². The van der Waals surface area contributed by atoms with E-state index in [1.54, 1.807) is 4.57 Å². The fourth-order valence-corrected chi connectivity index (χ4v) is 4.69. The van der Waals surface area contributed by atoms with Gasteiger partial charge in [0, 0.05) is 5.69 Å². The molecule has 4 rings (SSSR count). The van der Waals surface area contributed by atoms with Crippen molar-refractivity contribution in [1.82, 2.24) is 9.55 Å². The van der Waals surface area contributed by atoms with Crippen molar-refractivity contribution in [2.24, 2.45) is 0 Å². The molecule has 0 fully saturated rings. The van der Waals surface area contributed by atoms with Crippen LogP contribution in [0.15, 0.2) is 63.9 Å². The zero-order chi connectivity index (χ0) is 22.0. The molecule has 2 aromatic carbocycles. The molecule has 8 heteroatoms. The van der Waals surface area contributed by atoms with E-state index >= 15 is 0 Å². The Balaban J connectivity index is 1.59. The van der Waals surface area contributed by atoms with Gasteiger partial charge >= 0.3 is 0 Å². The number of anilines is 1. The fraction of sp³-hybridized carbons (Fsp3) is 0.174. The van der Waals surface area contributed by atoms with Gasteiger partial charge in [0.1, 0.15) is 10.5 Å². The summed E-state index contributed by atoms with van der Waals surface area (Å²) in [5, 5.41) is 5.06. The third-order valence-electron chi connectivity index (χ3n) is 4.90. The number of benzene rings is 2. The van der Waals surface area contributed by atoms with Crippen LogP contribution in [0.1, 0.15) is 16.7 Å². The van der Waals surface area contributed by atoms with Crippen LogP contribution >= 0.6 is 23.1 Å². The van der Waals surface area contributed by atoms with Gasteiger partial charge in [0.25, 0.3) is 5.56 Å². The quantitative estimate of drug-likeness (QED) is 0.330. The minimum Gasteiger partial charge on any atom is -0.325 e. The lowest BCUT2D eigenvalue weighted by Gasteiger charge is -2.13. The standard InChI is InChI=1S/C23H20FN3O2S2/c1-14-3-4-16(11-15(14)2)12-27-22(29)21-19(9-10-30-21)26-23(27)31-13-20(28)25-18-7-5-17(24)6-8-18/h3-11H,12-13H2,1-2H3,(H,25,28). The first-order valence-electron chi connectivity index (χ1n) is 9.63. The van der Waals surface area contributed by atoms with Crippen LogP contribution in [0.4, 0.5) is 10.1 Å². The highest BCUT2D eigenvalue weighted by molar-refractivity contribution is 7.99. The van der Waals surface area contributed by atoms with Gasteiger partial charge in [-0.1, -0.05) is 30.0 Å². The normalized spacial score (nSPS) is 11.1. The molecule has 0 aliphatic rings. The van der Waals surface area contributed by atoms with Crippen LogP contribution in [0.3, 0.4) is 0 Å². The van der Waals surface area contributed by atoms with E-state index in [0.717, 1.165) is 11.1 Å². The van der Waals surface area contributed by atoms with Crippen molar-refractivity contribution in [2.45, 2.75) is 25.5 Å². The molecule has 2 heterocycles. The molecular formula is C23H20FN3O2S2. The predicted molar refractivity (Wildman–Crippen MR) is 125 cm³/mol. The van der Waals surface area contributed by atoms with Gasteiger partial charge in [0.15, 0.2) is 5.16 Å². The summed E-state index contributed by atoms with van der Waals surface area (Å²) in [6.45, 7) is 4.46. The Morgan fingerprint density at radius 2 is 1.90 bits per heavy atom. The van der Waals surface area contributed by atoms with Gasteiger partial charge in [-0.05, 0) is 66.2 Å². The summed E-state index contributed by atoms with van der Waals surface area (Å²) in [6, 6.07) is 13.5. The smallest absolute Gasteiger partial charge is 0.272 e. The molecule has 31 heavy (non-hydrogen) atoms. The molecule has 4 aromatic rings. The first kappa shape index (κ1) is 21.3. The highest BCUT2D eigenvalue weighted by Crippen LogP contribution is 2.22. The van der Waals surface area contributed by atoms with E-state index in [-0.39, 0.29) is 23.0 Å². The lowest BCUT2D eigenvalue weighted by atomic mass is 10.1. The minimum atomic E-state index is -0.365. The fourth-order valence-electron chi connectivity index (χ4n) is 3.12. The van der Waals surface area contributed by atoms with E-state index in [2.05, 4.69) is 16.4 Å². The number of hydrogen-bond acceptors (Lipinski definition) is 5. The number of nitrogens with one attached hydrogen (secondary N) is 1. The van der Waals surface area contributed by atoms with Crippen LogP contribution in [0, 0.1) is 19.7 Å². The van der Waals surface area contributed by atoms with E-state index < -0.39 is 0 Å². The van der Waals surface area contributed by atoms with E-state index in [1.807, 2.05) is 37.4 Å². The molecule has 158 valence electrons. The van der Waals surface area contributed by atoms with Gasteiger partial charge < -0.3 is 5.32 Å². The molecule has 0 radical (unpaired) electrons. The number of thioether (sulfide) groups is 1. The molecule has 0 spiro atoms. The molecular weight excluding hydrogens is 433 g/mol. The van der Waals surface area contributed by atoms with Crippen LogP contribution in [0.2, 0.25) is 0 Å². The topological polar surface area (TPSA) is 64.0 Å². The number of amides is 1. The number of aryl methyl sites for hydroxylation is 2. The second-order valence-electron chi connectivity index (χ2n) is 7.18. The summed E-state index contributed by atoms with van der Waals surface area (Å²) in [6.07, 6.45) is 0. The van der Waals surface area contributed by atoms with E-state index in [9.17, 15) is 14.0 Å². The van der Waals surface area contributed by atoms with Crippen molar-refractivity contribution >= 4 is 44.9 Å². The number of halogens is 1. The van der Waals surface area contributed by atoms with Gasteiger partial charge in [-0.2, -0.15) is 0 Å². The van der Waals surface area contributed by atoms with Crippen LogP contribution in [-0.4, -0.2) is 21.2 Å². The number of rotatable bonds is 6. The number of aromatic nitrogens is 2. The second-order valence-corrected chi connectivity index (χ2v) is 9.04. The number of nitrogens with zero attached hydrogens (tertiary/aromatic N) is 2. The molecule has 1 amide bonds. The lowest BCUT2D eigenvalue weighted by Crippen LogP contribution is -2.24. The molecule has 0 atom stereocenters. The summed E-state index contributed by atoms with van der Waals surface area (Å²) >= 11 is 2.57. The molecule has 1 N–H and O–H groups in total. The first-order valence-corrected chi connectivity index (χ1v) is 11.5. The lowest BCUT2D eigenvalue weighted by molar-refractivity contribution is -0.113. The molecule has 0 saturated carbocycles. The van der Waals surface area contributed by atoms with Gasteiger partial charge in [-0.15, -0.1) is 11.3 Å². The maximum atomic E-state index is 13.1.